The lowest BCUT2D eigenvalue weighted by Gasteiger charge is -2.18. The fraction of sp³-hybridized carbons (Fsp3) is 0.143. The van der Waals surface area contributed by atoms with Crippen molar-refractivity contribution in [2.45, 2.75) is 39.5 Å². The summed E-state index contributed by atoms with van der Waals surface area (Å²) in [5, 5.41) is 15.8. The summed E-state index contributed by atoms with van der Waals surface area (Å²) in [5.74, 6) is 0.823. The monoisotopic (exact) mass is 594 g/mol. The molecule has 3 heterocycles. The van der Waals surface area contributed by atoms with Crippen molar-refractivity contribution in [3.63, 3.8) is 0 Å². The molecule has 0 fully saturated rings. The summed E-state index contributed by atoms with van der Waals surface area (Å²) in [6, 6.07) is 41.7. The maximum Gasteiger partial charge on any atom is 0.104 e. The van der Waals surface area contributed by atoms with Crippen LogP contribution in [0.2, 0.25) is 0 Å². The molecule has 0 N–H and O–H groups in total. The van der Waals surface area contributed by atoms with Gasteiger partial charge in [-0.15, -0.1) is 0 Å². The third-order valence-electron chi connectivity index (χ3n) is 9.43. The molecule has 0 atom stereocenters. The van der Waals surface area contributed by atoms with Crippen molar-refractivity contribution in [3.05, 3.63) is 138 Å². The zero-order valence-corrected chi connectivity index (χ0v) is 26.5. The Balaban J connectivity index is 1.53. The van der Waals surface area contributed by atoms with Crippen molar-refractivity contribution in [3.8, 4) is 28.6 Å². The van der Waals surface area contributed by atoms with Crippen LogP contribution in [0.5, 0.6) is 0 Å². The summed E-state index contributed by atoms with van der Waals surface area (Å²) in [7, 11) is 0. The smallest absolute Gasteiger partial charge is 0.104 e. The van der Waals surface area contributed by atoms with E-state index in [2.05, 4.69) is 145 Å². The summed E-state index contributed by atoms with van der Waals surface area (Å²) in [4.78, 5) is 4.29. The number of rotatable bonds is 5. The molecule has 8 rings (SSSR count). The fourth-order valence-electron chi connectivity index (χ4n) is 7.01. The average molecular weight is 595 g/mol. The zero-order valence-electron chi connectivity index (χ0n) is 26.5. The van der Waals surface area contributed by atoms with Crippen LogP contribution in [0, 0.1) is 11.3 Å². The van der Waals surface area contributed by atoms with E-state index in [-0.39, 0.29) is 0 Å². The van der Waals surface area contributed by atoms with Crippen LogP contribution in [0.4, 0.5) is 0 Å². The molecule has 0 bridgehead atoms. The predicted molar refractivity (Wildman–Crippen MR) is 191 cm³/mol. The van der Waals surface area contributed by atoms with Gasteiger partial charge < -0.3 is 9.13 Å². The molecule has 3 aromatic heterocycles. The summed E-state index contributed by atoms with van der Waals surface area (Å²) >= 11 is 0. The van der Waals surface area contributed by atoms with Gasteiger partial charge in [-0.05, 0) is 94.8 Å². The molecule has 0 saturated heterocycles. The van der Waals surface area contributed by atoms with E-state index < -0.39 is 0 Å². The van der Waals surface area contributed by atoms with Crippen LogP contribution in [0.15, 0.2) is 122 Å². The van der Waals surface area contributed by atoms with Crippen molar-refractivity contribution in [2.24, 2.45) is 0 Å². The lowest BCUT2D eigenvalue weighted by molar-refractivity contribution is 0.868. The lowest BCUT2D eigenvalue weighted by Crippen LogP contribution is -2.05. The quantitative estimate of drug-likeness (QED) is 0.199. The first-order chi connectivity index (χ1) is 22.4. The lowest BCUT2D eigenvalue weighted by atomic mass is 10.00. The second kappa shape index (κ2) is 10.8. The summed E-state index contributed by atoms with van der Waals surface area (Å²) in [5.41, 5.74) is 11.4. The molecule has 0 unspecified atom stereocenters. The Kier molecular flexibility index (Phi) is 6.51. The van der Waals surface area contributed by atoms with Crippen molar-refractivity contribution < 1.29 is 0 Å². The third-order valence-corrected chi connectivity index (χ3v) is 9.43. The van der Waals surface area contributed by atoms with E-state index in [4.69, 9.17) is 0 Å². The number of para-hydroxylation sites is 2. The van der Waals surface area contributed by atoms with E-state index in [0.717, 1.165) is 44.6 Å². The second-order valence-electron chi connectivity index (χ2n) is 12.8. The highest BCUT2D eigenvalue weighted by Crippen LogP contribution is 2.41. The van der Waals surface area contributed by atoms with Crippen LogP contribution in [-0.2, 0) is 0 Å². The highest BCUT2D eigenvalue weighted by molar-refractivity contribution is 6.11. The van der Waals surface area contributed by atoms with Gasteiger partial charge in [0.05, 0.1) is 33.4 Å². The number of nitriles is 1. The molecule has 4 heteroatoms. The van der Waals surface area contributed by atoms with Gasteiger partial charge in [-0.2, -0.15) is 5.26 Å². The Morgan fingerprint density at radius 1 is 0.522 bits per heavy atom. The molecule has 0 saturated carbocycles. The standard InChI is InChI=1S/C42H34N4/c1-26(2)29-13-15-39-34(21-29)32-9-5-7-11-37(32)45(39)41-23-31(28-17-19-44-20-18-28)24-42(36(41)25-43)46-38-12-8-6-10-33(38)35-22-30(27(3)4)14-16-40(35)46/h5-24,26-27H,1-4H3. The Morgan fingerprint density at radius 2 is 0.978 bits per heavy atom. The van der Waals surface area contributed by atoms with Gasteiger partial charge in [-0.1, -0.05) is 76.2 Å². The number of benzene rings is 5. The minimum atomic E-state index is 0.411. The second-order valence-corrected chi connectivity index (χ2v) is 12.8. The van der Waals surface area contributed by atoms with Crippen molar-refractivity contribution >= 4 is 43.6 Å². The maximum absolute atomic E-state index is 11.1. The number of nitrogens with zero attached hydrogens (tertiary/aromatic N) is 4. The molecule has 5 aromatic carbocycles. The van der Waals surface area contributed by atoms with Crippen LogP contribution in [-0.4, -0.2) is 14.1 Å². The van der Waals surface area contributed by atoms with Crippen molar-refractivity contribution in [2.75, 3.05) is 0 Å². The van der Waals surface area contributed by atoms with Gasteiger partial charge in [0.25, 0.3) is 0 Å². The third kappa shape index (κ3) is 4.24. The molecular formula is C42H34N4. The van der Waals surface area contributed by atoms with Crippen LogP contribution in [0.3, 0.4) is 0 Å². The Labute approximate surface area is 268 Å². The number of pyridine rings is 1. The van der Waals surface area contributed by atoms with E-state index in [9.17, 15) is 5.26 Å². The molecule has 4 nitrogen and oxygen atoms in total. The summed E-state index contributed by atoms with van der Waals surface area (Å²) < 4.78 is 4.57. The first-order valence-electron chi connectivity index (χ1n) is 16.0. The number of fused-ring (bicyclic) bond motifs is 6. The molecule has 8 aromatic rings. The van der Waals surface area contributed by atoms with E-state index in [1.165, 1.54) is 32.7 Å². The molecule has 0 aliphatic rings. The zero-order chi connectivity index (χ0) is 31.5. The first-order valence-corrected chi connectivity index (χ1v) is 16.0. The molecule has 222 valence electrons. The molecule has 0 aliphatic heterocycles. The largest absolute Gasteiger partial charge is 0.308 e. The van der Waals surface area contributed by atoms with Gasteiger partial charge in [-0.3, -0.25) is 4.98 Å². The number of hydrogen-bond acceptors (Lipinski definition) is 2. The molecular weight excluding hydrogens is 560 g/mol. The van der Waals surface area contributed by atoms with E-state index >= 15 is 0 Å². The predicted octanol–water partition coefficient (Wildman–Crippen LogP) is 11.1. The minimum absolute atomic E-state index is 0.411. The molecule has 46 heavy (non-hydrogen) atoms. The first kappa shape index (κ1) is 27.9. The Hall–Kier alpha value is -5.66. The van der Waals surface area contributed by atoms with Crippen molar-refractivity contribution in [1.82, 2.24) is 14.1 Å². The maximum atomic E-state index is 11.1. The fourth-order valence-corrected chi connectivity index (χ4v) is 7.01. The normalized spacial score (nSPS) is 11.8. The van der Waals surface area contributed by atoms with Gasteiger partial charge in [0.2, 0.25) is 0 Å². The topological polar surface area (TPSA) is 46.5 Å². The number of aromatic nitrogens is 3. The van der Waals surface area contributed by atoms with Gasteiger partial charge in [0.15, 0.2) is 0 Å². The SMILES string of the molecule is CC(C)c1ccc2c(c1)c1ccccc1n2-c1cc(-c2ccncc2)cc(-n2c3ccccc3c3cc(C(C)C)ccc32)c1C#N. The highest BCUT2D eigenvalue weighted by Gasteiger charge is 2.23. The average Bonchev–Trinajstić information content (AvgIpc) is 3.60. The van der Waals surface area contributed by atoms with Crippen LogP contribution in [0.25, 0.3) is 66.1 Å². The molecule has 0 radical (unpaired) electrons. The molecule has 0 spiro atoms. The van der Waals surface area contributed by atoms with Gasteiger partial charge >= 0.3 is 0 Å². The van der Waals surface area contributed by atoms with Crippen LogP contribution in [0.1, 0.15) is 56.2 Å². The molecule has 0 aliphatic carbocycles. The van der Waals surface area contributed by atoms with Crippen molar-refractivity contribution in [1.29, 1.82) is 5.26 Å². The van der Waals surface area contributed by atoms with Crippen LogP contribution >= 0.6 is 0 Å². The van der Waals surface area contributed by atoms with E-state index in [1.807, 2.05) is 24.5 Å². The van der Waals surface area contributed by atoms with E-state index in [1.54, 1.807) is 0 Å². The van der Waals surface area contributed by atoms with Gasteiger partial charge in [-0.25, -0.2) is 0 Å². The minimum Gasteiger partial charge on any atom is -0.308 e. The summed E-state index contributed by atoms with van der Waals surface area (Å²) in [6.45, 7) is 8.92. The van der Waals surface area contributed by atoms with E-state index in [0.29, 0.717) is 17.4 Å². The highest BCUT2D eigenvalue weighted by atomic mass is 15.0. The molecule has 0 amide bonds. The van der Waals surface area contributed by atoms with Crippen LogP contribution < -0.4 is 0 Å². The Bertz CT molecular complexity index is 2340. The van der Waals surface area contributed by atoms with Gasteiger partial charge in [0.1, 0.15) is 11.6 Å². The summed E-state index contributed by atoms with van der Waals surface area (Å²) in [6.07, 6.45) is 3.66. The number of hydrogen-bond donors (Lipinski definition) is 0. The Morgan fingerprint density at radius 3 is 1.43 bits per heavy atom. The van der Waals surface area contributed by atoms with Gasteiger partial charge in [0, 0.05) is 33.9 Å².